The summed E-state index contributed by atoms with van der Waals surface area (Å²) >= 11 is 11.4. The van der Waals surface area contributed by atoms with Gasteiger partial charge in [0, 0.05) is 11.6 Å². The highest BCUT2D eigenvalue weighted by Crippen LogP contribution is 2.20. The number of halogens is 1. The number of benzene rings is 1. The van der Waals surface area contributed by atoms with Crippen molar-refractivity contribution in [2.75, 3.05) is 6.61 Å². The minimum Gasteiger partial charge on any atom is -0.376 e. The van der Waals surface area contributed by atoms with Gasteiger partial charge in [-0.3, -0.25) is 9.36 Å². The Kier molecular flexibility index (Phi) is 3.67. The topological polar surface area (TPSA) is 47.0 Å². The van der Waals surface area contributed by atoms with Gasteiger partial charge >= 0.3 is 0 Å². The van der Waals surface area contributed by atoms with Crippen molar-refractivity contribution in [1.29, 1.82) is 0 Å². The van der Waals surface area contributed by atoms with E-state index in [9.17, 15) is 4.79 Å². The molecule has 1 saturated heterocycles. The highest BCUT2D eigenvalue weighted by Gasteiger charge is 2.18. The average Bonchev–Trinajstić information content (AvgIpc) is 2.89. The van der Waals surface area contributed by atoms with Gasteiger partial charge < -0.3 is 9.72 Å². The van der Waals surface area contributed by atoms with Crippen molar-refractivity contribution in [3.63, 3.8) is 0 Å². The van der Waals surface area contributed by atoms with Gasteiger partial charge in [-0.2, -0.15) is 0 Å². The molecule has 1 aromatic heterocycles. The molecule has 0 bridgehead atoms. The summed E-state index contributed by atoms with van der Waals surface area (Å²) in [5, 5.41) is 1.13. The van der Waals surface area contributed by atoms with Crippen molar-refractivity contribution in [2.24, 2.45) is 0 Å². The first kappa shape index (κ1) is 13.8. The fourth-order valence-electron chi connectivity index (χ4n) is 2.65. The minimum absolute atomic E-state index is 0.0699. The van der Waals surface area contributed by atoms with E-state index in [0.29, 0.717) is 21.7 Å². The van der Waals surface area contributed by atoms with E-state index in [1.807, 2.05) is 13.0 Å². The molecule has 2 aromatic rings. The molecule has 1 fully saturated rings. The maximum Gasteiger partial charge on any atom is 0.262 e. The molecule has 0 radical (unpaired) electrons. The molecule has 1 N–H and O–H groups in total. The molecular weight excluding hydrogens is 296 g/mol. The SMILES string of the molecule is Cc1cc(Cl)cc2c(=O)n(CC3CCCO3)c(=S)[nH]c12. The molecule has 0 amide bonds. The van der Waals surface area contributed by atoms with E-state index < -0.39 is 0 Å². The summed E-state index contributed by atoms with van der Waals surface area (Å²) in [6.07, 6.45) is 2.07. The van der Waals surface area contributed by atoms with Crippen molar-refractivity contribution in [1.82, 2.24) is 9.55 Å². The predicted molar refractivity (Wildman–Crippen MR) is 82.1 cm³/mol. The Morgan fingerprint density at radius 1 is 1.55 bits per heavy atom. The van der Waals surface area contributed by atoms with Gasteiger partial charge in [-0.1, -0.05) is 11.6 Å². The van der Waals surface area contributed by atoms with Crippen LogP contribution < -0.4 is 5.56 Å². The third-order valence-corrected chi connectivity index (χ3v) is 4.20. The first-order chi connectivity index (χ1) is 9.56. The molecule has 0 aliphatic carbocycles. The Balaban J connectivity index is 2.18. The molecule has 20 heavy (non-hydrogen) atoms. The molecule has 106 valence electrons. The number of hydrogen-bond donors (Lipinski definition) is 1. The van der Waals surface area contributed by atoms with Crippen molar-refractivity contribution in [3.05, 3.63) is 37.8 Å². The van der Waals surface area contributed by atoms with Gasteiger partial charge in [0.15, 0.2) is 4.77 Å². The molecule has 1 unspecified atom stereocenters. The van der Waals surface area contributed by atoms with Crippen LogP contribution in [0.4, 0.5) is 0 Å². The van der Waals surface area contributed by atoms with Gasteiger partial charge in [-0.25, -0.2) is 0 Å². The first-order valence-electron chi connectivity index (χ1n) is 6.61. The standard InChI is InChI=1S/C14H15ClN2O2S/c1-8-5-9(15)6-11-12(8)16-14(20)17(13(11)18)7-10-3-2-4-19-10/h5-6,10H,2-4,7H2,1H3,(H,16,20). The van der Waals surface area contributed by atoms with Crippen LogP contribution in [0.2, 0.25) is 5.02 Å². The summed E-state index contributed by atoms with van der Waals surface area (Å²) in [5.41, 5.74) is 1.57. The van der Waals surface area contributed by atoms with Crippen molar-refractivity contribution >= 4 is 34.7 Å². The maximum absolute atomic E-state index is 12.6. The summed E-state index contributed by atoms with van der Waals surface area (Å²) < 4.78 is 7.59. The lowest BCUT2D eigenvalue weighted by Crippen LogP contribution is -2.28. The quantitative estimate of drug-likeness (QED) is 0.867. The average molecular weight is 311 g/mol. The van der Waals surface area contributed by atoms with Crippen LogP contribution in [0.1, 0.15) is 18.4 Å². The molecule has 1 aliphatic heterocycles. The lowest BCUT2D eigenvalue weighted by molar-refractivity contribution is 0.0957. The zero-order chi connectivity index (χ0) is 14.3. The smallest absolute Gasteiger partial charge is 0.262 e. The van der Waals surface area contributed by atoms with Crippen molar-refractivity contribution in [3.8, 4) is 0 Å². The van der Waals surface area contributed by atoms with E-state index in [2.05, 4.69) is 4.98 Å². The summed E-state index contributed by atoms with van der Waals surface area (Å²) in [6.45, 7) is 3.16. The van der Waals surface area contributed by atoms with Crippen LogP contribution >= 0.6 is 23.8 Å². The van der Waals surface area contributed by atoms with Crippen LogP contribution in [-0.4, -0.2) is 22.3 Å². The summed E-state index contributed by atoms with van der Waals surface area (Å²) in [7, 11) is 0. The zero-order valence-corrected chi connectivity index (χ0v) is 12.7. The fourth-order valence-corrected chi connectivity index (χ4v) is 3.18. The largest absolute Gasteiger partial charge is 0.376 e. The predicted octanol–water partition coefficient (Wildman–Crippen LogP) is 3.20. The molecule has 6 heteroatoms. The number of aryl methyl sites for hydroxylation is 1. The number of nitrogens with one attached hydrogen (secondary N) is 1. The Hall–Kier alpha value is -1.17. The van der Waals surface area contributed by atoms with Gasteiger partial charge in [0.05, 0.1) is 23.6 Å². The molecular formula is C14H15ClN2O2S. The lowest BCUT2D eigenvalue weighted by Gasteiger charge is -2.13. The normalized spacial score (nSPS) is 18.8. The Morgan fingerprint density at radius 2 is 2.35 bits per heavy atom. The first-order valence-corrected chi connectivity index (χ1v) is 7.39. The molecule has 0 saturated carbocycles. The van der Waals surface area contributed by atoms with Gasteiger partial charge in [0.2, 0.25) is 0 Å². The van der Waals surface area contributed by atoms with E-state index >= 15 is 0 Å². The number of fused-ring (bicyclic) bond motifs is 1. The summed E-state index contributed by atoms with van der Waals surface area (Å²) in [5.74, 6) is 0. The van der Waals surface area contributed by atoms with Crippen LogP contribution in [0.15, 0.2) is 16.9 Å². The number of aromatic amines is 1. The fraction of sp³-hybridized carbons (Fsp3) is 0.429. The van der Waals surface area contributed by atoms with E-state index in [-0.39, 0.29) is 11.7 Å². The molecule has 1 atom stereocenters. The number of hydrogen-bond acceptors (Lipinski definition) is 3. The number of ether oxygens (including phenoxy) is 1. The molecule has 0 spiro atoms. The van der Waals surface area contributed by atoms with Crippen LogP contribution in [0.3, 0.4) is 0 Å². The number of nitrogens with zero attached hydrogens (tertiary/aromatic N) is 1. The second kappa shape index (κ2) is 5.31. The second-order valence-electron chi connectivity index (χ2n) is 5.13. The van der Waals surface area contributed by atoms with Gasteiger partial charge in [-0.15, -0.1) is 0 Å². The highest BCUT2D eigenvalue weighted by molar-refractivity contribution is 7.71. The lowest BCUT2D eigenvalue weighted by atomic mass is 10.1. The van der Waals surface area contributed by atoms with Crippen LogP contribution in [0.5, 0.6) is 0 Å². The summed E-state index contributed by atoms with van der Waals surface area (Å²) in [4.78, 5) is 15.7. The second-order valence-corrected chi connectivity index (χ2v) is 5.95. The molecule has 1 aromatic carbocycles. The van der Waals surface area contributed by atoms with E-state index in [1.165, 1.54) is 0 Å². The minimum atomic E-state index is -0.107. The van der Waals surface area contributed by atoms with Gasteiger partial charge in [0.25, 0.3) is 5.56 Å². The molecule has 3 rings (SSSR count). The van der Waals surface area contributed by atoms with Crippen LogP contribution in [0.25, 0.3) is 10.9 Å². The monoisotopic (exact) mass is 310 g/mol. The molecule has 2 heterocycles. The maximum atomic E-state index is 12.6. The van der Waals surface area contributed by atoms with Crippen molar-refractivity contribution in [2.45, 2.75) is 32.4 Å². The van der Waals surface area contributed by atoms with Crippen molar-refractivity contribution < 1.29 is 4.74 Å². The van der Waals surface area contributed by atoms with E-state index in [1.54, 1.807) is 10.6 Å². The van der Waals surface area contributed by atoms with Crippen LogP contribution in [0, 0.1) is 11.7 Å². The highest BCUT2D eigenvalue weighted by atomic mass is 35.5. The van der Waals surface area contributed by atoms with Gasteiger partial charge in [-0.05, 0) is 49.7 Å². The van der Waals surface area contributed by atoms with Gasteiger partial charge in [0.1, 0.15) is 0 Å². The number of H-pyrrole nitrogens is 1. The number of aromatic nitrogens is 2. The van der Waals surface area contributed by atoms with E-state index in [4.69, 9.17) is 28.6 Å². The van der Waals surface area contributed by atoms with Crippen LogP contribution in [-0.2, 0) is 11.3 Å². The Labute approximate surface area is 126 Å². The zero-order valence-electron chi connectivity index (χ0n) is 11.1. The third-order valence-electron chi connectivity index (χ3n) is 3.66. The van der Waals surface area contributed by atoms with E-state index in [0.717, 1.165) is 30.5 Å². The molecule has 1 aliphatic rings. The Bertz CT molecular complexity index is 775. The third kappa shape index (κ3) is 2.41. The summed E-state index contributed by atoms with van der Waals surface area (Å²) in [6, 6.07) is 3.50. The Morgan fingerprint density at radius 3 is 3.05 bits per heavy atom. The molecule has 4 nitrogen and oxygen atoms in total. The number of rotatable bonds is 2.